The topological polar surface area (TPSA) is 101 Å². The number of hydrogen-bond acceptors (Lipinski definition) is 9. The first-order valence-electron chi connectivity index (χ1n) is 15.1. The molecule has 0 radical (unpaired) electrons. The molecule has 9 nitrogen and oxygen atoms in total. The molecule has 1 aromatic rings. The number of benzene rings is 1. The molecule has 4 aliphatic heterocycles. The van der Waals surface area contributed by atoms with Gasteiger partial charge in [-0.1, -0.05) is 30.8 Å². The Bertz CT molecular complexity index is 1250. The molecule has 5 aliphatic rings. The van der Waals surface area contributed by atoms with E-state index in [1.54, 1.807) is 4.90 Å². The van der Waals surface area contributed by atoms with Crippen LogP contribution in [0, 0.1) is 17.2 Å². The molecule has 1 saturated carbocycles. The molecule has 42 heavy (non-hydrogen) atoms. The Balaban J connectivity index is 1.26. The zero-order valence-electron chi connectivity index (χ0n) is 24.2. The van der Waals surface area contributed by atoms with Crippen LogP contribution in [-0.4, -0.2) is 102 Å². The number of amides is 1. The van der Waals surface area contributed by atoms with Crippen LogP contribution < -0.4 is 10.6 Å². The zero-order chi connectivity index (χ0) is 29.4. The average Bonchev–Trinajstić information content (AvgIpc) is 3.43. The molecule has 8 atom stereocenters. The van der Waals surface area contributed by atoms with Crippen molar-refractivity contribution in [3.63, 3.8) is 0 Å². The van der Waals surface area contributed by atoms with Gasteiger partial charge in [0.25, 0.3) is 0 Å². The van der Waals surface area contributed by atoms with Gasteiger partial charge in [0, 0.05) is 37.3 Å². The Kier molecular flexibility index (Phi) is 8.74. The fourth-order valence-electron chi connectivity index (χ4n) is 7.69. The molecule has 1 spiro atoms. The van der Waals surface area contributed by atoms with Crippen LogP contribution in [0.15, 0.2) is 36.9 Å². The number of rotatable bonds is 6. The van der Waals surface area contributed by atoms with E-state index in [9.17, 15) is 14.9 Å². The number of ketones is 1. The summed E-state index contributed by atoms with van der Waals surface area (Å²) in [5, 5.41) is 16.6. The van der Waals surface area contributed by atoms with E-state index in [0.29, 0.717) is 56.4 Å². The van der Waals surface area contributed by atoms with Crippen molar-refractivity contribution in [1.29, 1.82) is 5.26 Å². The number of carbonyl (C=O) groups is 2. The van der Waals surface area contributed by atoms with Crippen molar-refractivity contribution >= 4 is 23.5 Å². The summed E-state index contributed by atoms with van der Waals surface area (Å²) in [7, 11) is 2.11. The van der Waals surface area contributed by atoms with Crippen LogP contribution in [0.2, 0.25) is 0 Å². The van der Waals surface area contributed by atoms with Gasteiger partial charge < -0.3 is 14.5 Å². The number of likely N-dealkylation sites (N-methyl/N-ethyl adjacent to an activating group) is 1. The van der Waals surface area contributed by atoms with Crippen molar-refractivity contribution < 1.29 is 18.7 Å². The number of nitrogens with one attached hydrogen (secondary N) is 2. The summed E-state index contributed by atoms with van der Waals surface area (Å²) in [6, 6.07) is 9.25. The predicted molar refractivity (Wildman–Crippen MR) is 159 cm³/mol. The third kappa shape index (κ3) is 5.31. The SMILES string of the molecule is C=CC(=O)N1CCN(C2NC(OCC3CCCN3C)NC3C(=O)[C@@]4(CCC32)SCc2ccccc2C4F)CC1CC#N. The van der Waals surface area contributed by atoms with Crippen molar-refractivity contribution in [2.75, 3.05) is 39.8 Å². The van der Waals surface area contributed by atoms with Crippen LogP contribution in [0.4, 0.5) is 4.39 Å². The van der Waals surface area contributed by atoms with Gasteiger partial charge in [0.05, 0.1) is 37.3 Å². The van der Waals surface area contributed by atoms with Crippen molar-refractivity contribution in [3.8, 4) is 6.07 Å². The highest BCUT2D eigenvalue weighted by Crippen LogP contribution is 2.55. The van der Waals surface area contributed by atoms with Crippen LogP contribution in [-0.2, 0) is 20.1 Å². The second-order valence-electron chi connectivity index (χ2n) is 12.3. The molecule has 2 N–H and O–H groups in total. The third-order valence-electron chi connectivity index (χ3n) is 10.1. The third-order valence-corrected chi connectivity index (χ3v) is 11.7. The minimum absolute atomic E-state index is 0.0853. The lowest BCUT2D eigenvalue weighted by Gasteiger charge is -2.55. The minimum Gasteiger partial charge on any atom is -0.348 e. The Hall–Kier alpha value is -2.33. The van der Waals surface area contributed by atoms with Crippen LogP contribution in [0.3, 0.4) is 0 Å². The number of fused-ring (bicyclic) bond motifs is 2. The first-order valence-corrected chi connectivity index (χ1v) is 16.1. The number of likely N-dealkylation sites (tertiary alicyclic amines) is 1. The standard InChI is InChI=1S/C31H41FN6O3S/c1-3-25(39)38-16-15-37(17-21(38)11-13-33)29-24-10-12-31(27(32)23-9-5-4-7-20(23)19-42-31)28(40)26(24)34-30(35-29)41-18-22-8-6-14-36(22)2/h3-5,7,9,21-22,24,26-27,29-30,34-35H,1,6,8,10-12,14-19H2,2H3/t21?,22?,24?,26?,27?,29?,30?,31-/m0/s1. The number of hydrogen-bond donors (Lipinski definition) is 2. The van der Waals surface area contributed by atoms with Gasteiger partial charge in [0.15, 0.2) is 12.1 Å². The fourth-order valence-corrected chi connectivity index (χ4v) is 9.17. The van der Waals surface area contributed by atoms with Crippen molar-refractivity contribution in [2.45, 2.75) is 79.4 Å². The molecule has 3 saturated heterocycles. The molecular formula is C31H41FN6O3S. The van der Waals surface area contributed by atoms with Gasteiger partial charge in [0.1, 0.15) is 10.9 Å². The quantitative estimate of drug-likeness (QED) is 0.480. The molecule has 4 heterocycles. The maximum Gasteiger partial charge on any atom is 0.246 e. The Morgan fingerprint density at radius 3 is 2.86 bits per heavy atom. The van der Waals surface area contributed by atoms with Gasteiger partial charge in [-0.05, 0) is 56.5 Å². The Morgan fingerprint density at radius 1 is 1.26 bits per heavy atom. The number of alkyl halides is 1. The van der Waals surface area contributed by atoms with Crippen LogP contribution >= 0.6 is 11.8 Å². The van der Waals surface area contributed by atoms with Crippen molar-refractivity contribution in [2.24, 2.45) is 5.92 Å². The molecular weight excluding hydrogens is 555 g/mol. The Labute approximate surface area is 251 Å². The Morgan fingerprint density at radius 2 is 2.10 bits per heavy atom. The van der Waals surface area contributed by atoms with Crippen molar-refractivity contribution in [1.82, 2.24) is 25.3 Å². The van der Waals surface area contributed by atoms with Gasteiger partial charge in [-0.2, -0.15) is 5.26 Å². The number of Topliss-reactive ketones (excluding diaryl/α,β-unsaturated/α-hetero) is 1. The van der Waals surface area contributed by atoms with Gasteiger partial charge >= 0.3 is 0 Å². The maximum atomic E-state index is 16.4. The molecule has 1 aromatic carbocycles. The lowest BCUT2D eigenvalue weighted by Crippen LogP contribution is -2.75. The number of carbonyl (C=O) groups excluding carboxylic acids is 2. The number of piperazine rings is 1. The summed E-state index contributed by atoms with van der Waals surface area (Å²) in [4.78, 5) is 33.3. The highest BCUT2D eigenvalue weighted by atomic mass is 32.2. The largest absolute Gasteiger partial charge is 0.348 e. The second kappa shape index (κ2) is 12.3. The summed E-state index contributed by atoms with van der Waals surface area (Å²) in [5.74, 6) is 0.250. The van der Waals surface area contributed by atoms with Gasteiger partial charge in [-0.15, -0.1) is 11.8 Å². The van der Waals surface area contributed by atoms with Gasteiger partial charge in [-0.25, -0.2) is 4.39 Å². The fraction of sp³-hybridized carbons (Fsp3) is 0.645. The zero-order valence-corrected chi connectivity index (χ0v) is 25.0. The predicted octanol–water partition coefficient (Wildman–Crippen LogP) is 2.56. The molecule has 11 heteroatoms. The lowest BCUT2D eigenvalue weighted by atomic mass is 9.70. The van der Waals surface area contributed by atoms with Crippen molar-refractivity contribution in [3.05, 3.63) is 48.0 Å². The van der Waals surface area contributed by atoms with E-state index < -0.39 is 23.3 Å². The van der Waals surface area contributed by atoms with E-state index in [1.807, 2.05) is 24.3 Å². The molecule has 1 amide bonds. The summed E-state index contributed by atoms with van der Waals surface area (Å²) >= 11 is 1.45. The van der Waals surface area contributed by atoms with E-state index in [2.05, 4.69) is 40.1 Å². The van der Waals surface area contributed by atoms with E-state index in [-0.39, 0.29) is 36.2 Å². The summed E-state index contributed by atoms with van der Waals surface area (Å²) in [6.45, 7) is 6.76. The van der Waals surface area contributed by atoms with Gasteiger partial charge in [-0.3, -0.25) is 25.1 Å². The summed E-state index contributed by atoms with van der Waals surface area (Å²) in [5.41, 5.74) is 1.59. The number of ether oxygens (including phenoxy) is 1. The second-order valence-corrected chi connectivity index (χ2v) is 13.6. The van der Waals surface area contributed by atoms with E-state index >= 15 is 4.39 Å². The number of thioether (sulfide) groups is 1. The van der Waals surface area contributed by atoms with Gasteiger partial charge in [0.2, 0.25) is 5.91 Å². The lowest BCUT2D eigenvalue weighted by molar-refractivity contribution is -0.146. The smallest absolute Gasteiger partial charge is 0.246 e. The molecule has 7 unspecified atom stereocenters. The highest BCUT2D eigenvalue weighted by molar-refractivity contribution is 8.00. The normalized spacial score (nSPS) is 37.2. The number of nitrogens with zero attached hydrogens (tertiary/aromatic N) is 4. The maximum absolute atomic E-state index is 16.4. The number of nitriles is 1. The van der Waals surface area contributed by atoms with Crippen LogP contribution in [0.25, 0.3) is 0 Å². The van der Waals surface area contributed by atoms with E-state index in [0.717, 1.165) is 24.9 Å². The molecule has 0 aromatic heterocycles. The molecule has 6 rings (SSSR count). The summed E-state index contributed by atoms with van der Waals surface area (Å²) < 4.78 is 21.6. The van der Waals surface area contributed by atoms with E-state index in [4.69, 9.17) is 4.74 Å². The first-order chi connectivity index (χ1) is 20.4. The van der Waals surface area contributed by atoms with Crippen LogP contribution in [0.5, 0.6) is 0 Å². The molecule has 4 fully saturated rings. The average molecular weight is 597 g/mol. The summed E-state index contributed by atoms with van der Waals surface area (Å²) in [6.07, 6.45) is 2.68. The number of halogens is 1. The highest BCUT2D eigenvalue weighted by Gasteiger charge is 2.59. The first kappa shape index (κ1) is 29.7. The van der Waals surface area contributed by atoms with Crippen LogP contribution in [0.1, 0.15) is 49.4 Å². The molecule has 0 bridgehead atoms. The van der Waals surface area contributed by atoms with E-state index in [1.165, 1.54) is 17.8 Å². The monoisotopic (exact) mass is 596 g/mol. The minimum atomic E-state index is -1.36. The molecule has 226 valence electrons. The molecule has 1 aliphatic carbocycles.